The summed E-state index contributed by atoms with van der Waals surface area (Å²) in [5, 5.41) is 21.6. The summed E-state index contributed by atoms with van der Waals surface area (Å²) >= 11 is 1.23. The van der Waals surface area contributed by atoms with Crippen LogP contribution in [0.15, 0.2) is 11.3 Å². The van der Waals surface area contributed by atoms with Gasteiger partial charge in [-0.05, 0) is 0 Å². The minimum absolute atomic E-state index is 0. The molecule has 0 unspecified atom stereocenters. The molecule has 24 heavy (non-hydrogen) atoms. The molecular weight excluding hydrogens is 349 g/mol. The molecule has 122 valence electrons. The predicted octanol–water partition coefficient (Wildman–Crippen LogP) is -5.13. The minimum Gasteiger partial charge on any atom is -0.543 e. The molecule has 2 aliphatic heterocycles. The van der Waals surface area contributed by atoms with Crippen LogP contribution in [0.25, 0.3) is 0 Å². The first-order chi connectivity index (χ1) is 10.9. The number of β-lactam (4-membered cyclic amide) rings is 1. The minimum atomic E-state index is -1.55. The number of hydrogen-bond donors (Lipinski definition) is 1. The van der Waals surface area contributed by atoms with Gasteiger partial charge in [0, 0.05) is 18.2 Å². The maximum absolute atomic E-state index is 12.1. The molecule has 2 atom stereocenters. The van der Waals surface area contributed by atoms with Crippen LogP contribution in [0.2, 0.25) is 0 Å². The zero-order chi connectivity index (χ0) is 17.1. The maximum Gasteiger partial charge on any atom is 1.00 e. The van der Waals surface area contributed by atoms with Crippen LogP contribution in [-0.2, 0) is 23.9 Å². The number of ether oxygens (including phenoxy) is 1. The zero-order valence-electron chi connectivity index (χ0n) is 13.0. The van der Waals surface area contributed by atoms with Gasteiger partial charge in [-0.1, -0.05) is 0 Å². The van der Waals surface area contributed by atoms with Gasteiger partial charge in [-0.25, -0.2) is 0 Å². The number of carbonyl (C=O) groups excluding carboxylic acids is 4. The van der Waals surface area contributed by atoms with E-state index in [-0.39, 0.29) is 59.6 Å². The quantitative estimate of drug-likeness (QED) is 0.291. The fourth-order valence-corrected chi connectivity index (χ4v) is 3.60. The van der Waals surface area contributed by atoms with Crippen molar-refractivity contribution >= 4 is 35.5 Å². The second kappa shape index (κ2) is 8.53. The van der Waals surface area contributed by atoms with Crippen molar-refractivity contribution in [1.82, 2.24) is 10.2 Å². The molecule has 0 aromatic heterocycles. The molecule has 11 heteroatoms. The van der Waals surface area contributed by atoms with Gasteiger partial charge in [0.2, 0.25) is 5.91 Å². The van der Waals surface area contributed by atoms with Gasteiger partial charge in [0.1, 0.15) is 24.4 Å². The van der Waals surface area contributed by atoms with Gasteiger partial charge in [0.15, 0.2) is 0 Å². The Morgan fingerprint density at radius 3 is 2.71 bits per heavy atom. The number of carbonyl (C=O) groups is 4. The number of carboxylic acids is 1. The van der Waals surface area contributed by atoms with Crippen molar-refractivity contribution in [2.75, 3.05) is 12.4 Å². The molecule has 0 spiro atoms. The third kappa shape index (κ3) is 4.10. The van der Waals surface area contributed by atoms with Crippen molar-refractivity contribution in [2.45, 2.75) is 24.8 Å². The predicted molar refractivity (Wildman–Crippen MR) is 73.9 cm³/mol. The monoisotopic (exact) mass is 361 g/mol. The van der Waals surface area contributed by atoms with Crippen LogP contribution in [0.3, 0.4) is 0 Å². The number of nitrogens with one attached hydrogen (secondary N) is 1. The number of fused-ring (bicyclic) bond motifs is 1. The van der Waals surface area contributed by atoms with E-state index in [1.165, 1.54) is 18.7 Å². The maximum atomic E-state index is 12.1. The van der Waals surface area contributed by atoms with Crippen LogP contribution in [0.4, 0.5) is 0 Å². The smallest absolute Gasteiger partial charge is 0.543 e. The Hall–Kier alpha value is -1.54. The number of nitriles is 1. The van der Waals surface area contributed by atoms with Gasteiger partial charge in [-0.2, -0.15) is 5.26 Å². The number of aliphatic carboxylic acids is 1. The molecule has 1 N–H and O–H groups in total. The summed E-state index contributed by atoms with van der Waals surface area (Å²) in [4.78, 5) is 46.7. The standard InChI is InChI=1S/C13H13N3O6S.Na/c1-6(17)22-4-7-5-23-12-9(15-8(18)2-3-14)11(19)16(12)10(7)13(20)21;/h9,12H,2,4-5H2,1H3,(H,15,18)(H,20,21);/q;+1/p-1/t9-,12-;/m1./s1. The molecule has 0 radical (unpaired) electrons. The number of nitrogens with zero attached hydrogens (tertiary/aromatic N) is 2. The van der Waals surface area contributed by atoms with Crippen LogP contribution >= 0.6 is 11.8 Å². The van der Waals surface area contributed by atoms with E-state index in [1.54, 1.807) is 6.07 Å². The summed E-state index contributed by atoms with van der Waals surface area (Å²) in [6, 6.07) is 0.780. The van der Waals surface area contributed by atoms with Gasteiger partial charge in [-0.3, -0.25) is 19.3 Å². The number of carboxylic acid groups (broad SMARTS) is 1. The van der Waals surface area contributed by atoms with E-state index in [9.17, 15) is 24.3 Å². The average Bonchev–Trinajstić information content (AvgIpc) is 2.49. The Morgan fingerprint density at radius 1 is 1.50 bits per heavy atom. The number of hydrogen-bond acceptors (Lipinski definition) is 8. The fourth-order valence-electron chi connectivity index (χ4n) is 2.27. The molecule has 2 rings (SSSR count). The molecule has 2 aliphatic rings. The molecule has 0 saturated carbocycles. The van der Waals surface area contributed by atoms with Gasteiger partial charge < -0.3 is 20.0 Å². The summed E-state index contributed by atoms with van der Waals surface area (Å²) in [6.45, 7) is 0.946. The summed E-state index contributed by atoms with van der Waals surface area (Å²) in [5.74, 6) is -3.11. The van der Waals surface area contributed by atoms with E-state index in [1.807, 2.05) is 0 Å². The van der Waals surface area contributed by atoms with E-state index >= 15 is 0 Å². The van der Waals surface area contributed by atoms with Crippen LogP contribution < -0.4 is 40.0 Å². The molecule has 9 nitrogen and oxygen atoms in total. The molecule has 1 saturated heterocycles. The van der Waals surface area contributed by atoms with Gasteiger partial charge >= 0.3 is 35.5 Å². The topological polar surface area (TPSA) is 140 Å². The Labute approximate surface area is 163 Å². The van der Waals surface area contributed by atoms with Crippen LogP contribution in [-0.4, -0.2) is 52.4 Å². The Kier molecular flexibility index (Phi) is 7.28. The SMILES string of the molecule is CC(=O)OCC1=C(C(=O)[O-])N2C(=O)[C@@H](NC(=O)CC#N)[C@H]2SC1.[Na+]. The summed E-state index contributed by atoms with van der Waals surface area (Å²) in [6.07, 6.45) is -0.387. The summed E-state index contributed by atoms with van der Waals surface area (Å²) in [5.41, 5.74) is -0.0672. The second-order valence-corrected chi connectivity index (χ2v) is 5.91. The number of thioether (sulfide) groups is 1. The number of amides is 2. The van der Waals surface area contributed by atoms with Gasteiger partial charge in [0.05, 0.1) is 17.7 Å². The Bertz CT molecular complexity index is 659. The fraction of sp³-hybridized carbons (Fsp3) is 0.462. The Balaban J connectivity index is 0.00000288. The van der Waals surface area contributed by atoms with E-state index in [4.69, 9.17) is 10.00 Å². The van der Waals surface area contributed by atoms with E-state index < -0.39 is 35.2 Å². The molecule has 0 aromatic carbocycles. The second-order valence-electron chi connectivity index (χ2n) is 4.81. The van der Waals surface area contributed by atoms with E-state index in [0.717, 1.165) is 4.90 Å². The van der Waals surface area contributed by atoms with Crippen LogP contribution in [0.5, 0.6) is 0 Å². The molecular formula is C13H12N3NaO6S. The van der Waals surface area contributed by atoms with Crippen molar-refractivity contribution in [3.8, 4) is 6.07 Å². The molecule has 2 amide bonds. The molecule has 0 aromatic rings. The van der Waals surface area contributed by atoms with E-state index in [0.29, 0.717) is 0 Å². The van der Waals surface area contributed by atoms with Crippen LogP contribution in [0.1, 0.15) is 13.3 Å². The first kappa shape index (κ1) is 20.5. The van der Waals surface area contributed by atoms with Gasteiger partial charge in [-0.15, -0.1) is 11.8 Å². The van der Waals surface area contributed by atoms with Crippen molar-refractivity contribution in [1.29, 1.82) is 5.26 Å². The first-order valence-corrected chi connectivity index (χ1v) is 7.59. The molecule has 0 aliphatic carbocycles. The van der Waals surface area contributed by atoms with Crippen LogP contribution in [0, 0.1) is 11.3 Å². The summed E-state index contributed by atoms with van der Waals surface area (Å²) in [7, 11) is 0. The number of esters is 1. The molecule has 1 fully saturated rings. The average molecular weight is 361 g/mol. The van der Waals surface area contributed by atoms with Crippen molar-refractivity contribution in [2.24, 2.45) is 0 Å². The third-order valence-electron chi connectivity index (χ3n) is 3.25. The first-order valence-electron chi connectivity index (χ1n) is 6.54. The van der Waals surface area contributed by atoms with Crippen molar-refractivity contribution < 1.29 is 58.6 Å². The summed E-state index contributed by atoms with van der Waals surface area (Å²) < 4.78 is 4.78. The van der Waals surface area contributed by atoms with Crippen molar-refractivity contribution in [3.05, 3.63) is 11.3 Å². The van der Waals surface area contributed by atoms with E-state index in [2.05, 4.69) is 5.32 Å². The van der Waals surface area contributed by atoms with Gasteiger partial charge in [0.25, 0.3) is 5.91 Å². The molecule has 0 bridgehead atoms. The largest absolute Gasteiger partial charge is 1.00 e. The van der Waals surface area contributed by atoms with Crippen molar-refractivity contribution in [3.63, 3.8) is 0 Å². The third-order valence-corrected chi connectivity index (χ3v) is 4.59. The normalized spacial score (nSPS) is 21.7. The Morgan fingerprint density at radius 2 is 2.17 bits per heavy atom. The number of rotatable bonds is 5. The molecule has 2 heterocycles. The zero-order valence-corrected chi connectivity index (χ0v) is 15.8.